The molecule has 128 valence electrons. The summed E-state index contributed by atoms with van der Waals surface area (Å²) in [4.78, 5) is 2.65. The smallest absolute Gasteiger partial charge is 0.0542 e. The van der Waals surface area contributed by atoms with Crippen molar-refractivity contribution in [1.29, 1.82) is 0 Å². The maximum atomic E-state index is 2.65. The molecule has 3 rings (SSSR count). The van der Waals surface area contributed by atoms with Crippen molar-refractivity contribution in [3.63, 3.8) is 0 Å². The molecule has 0 spiro atoms. The highest BCUT2D eigenvalue weighted by molar-refractivity contribution is 5.56. The number of rotatable bonds is 5. The predicted molar refractivity (Wildman–Crippen MR) is 105 cm³/mol. The van der Waals surface area contributed by atoms with E-state index in [-0.39, 0.29) is 0 Å². The van der Waals surface area contributed by atoms with Gasteiger partial charge < -0.3 is 4.90 Å². The highest BCUT2D eigenvalue weighted by atomic mass is 15.2. The van der Waals surface area contributed by atoms with Gasteiger partial charge in [-0.3, -0.25) is 0 Å². The van der Waals surface area contributed by atoms with Crippen molar-refractivity contribution in [2.24, 2.45) is 0 Å². The molecule has 0 aromatic heterocycles. The van der Waals surface area contributed by atoms with E-state index in [1.807, 2.05) is 0 Å². The molecule has 1 heteroatoms. The van der Waals surface area contributed by atoms with Crippen molar-refractivity contribution in [2.45, 2.75) is 65.3 Å². The quantitative estimate of drug-likeness (QED) is 0.618. The average molecular weight is 322 g/mol. The first-order valence-corrected chi connectivity index (χ1v) is 9.62. The zero-order valence-electron chi connectivity index (χ0n) is 15.5. The van der Waals surface area contributed by atoms with Crippen LogP contribution >= 0.6 is 0 Å². The summed E-state index contributed by atoms with van der Waals surface area (Å²) < 4.78 is 0. The van der Waals surface area contributed by atoms with Gasteiger partial charge in [0.25, 0.3) is 0 Å². The molecular weight excluding hydrogens is 290 g/mol. The number of hydrogen-bond donors (Lipinski definition) is 0. The third kappa shape index (κ3) is 3.83. The Labute approximate surface area is 147 Å². The van der Waals surface area contributed by atoms with Crippen LogP contribution in [0.5, 0.6) is 0 Å². The lowest BCUT2D eigenvalue weighted by Crippen LogP contribution is -2.33. The van der Waals surface area contributed by atoms with Gasteiger partial charge in [0.05, 0.1) is 6.04 Å². The van der Waals surface area contributed by atoms with Gasteiger partial charge in [-0.25, -0.2) is 0 Å². The third-order valence-corrected chi connectivity index (χ3v) is 5.35. The van der Waals surface area contributed by atoms with E-state index < -0.39 is 0 Å². The van der Waals surface area contributed by atoms with Crippen molar-refractivity contribution < 1.29 is 0 Å². The fourth-order valence-electron chi connectivity index (χ4n) is 3.93. The summed E-state index contributed by atoms with van der Waals surface area (Å²) in [5.74, 6) is 0. The molecule has 0 bridgehead atoms. The van der Waals surface area contributed by atoms with Crippen molar-refractivity contribution >= 4 is 5.69 Å². The summed E-state index contributed by atoms with van der Waals surface area (Å²) in [7, 11) is 0. The highest BCUT2D eigenvalue weighted by Gasteiger charge is 2.25. The second-order valence-corrected chi connectivity index (χ2v) is 7.34. The molecule has 1 aliphatic rings. The van der Waals surface area contributed by atoms with Crippen LogP contribution in [0.3, 0.4) is 0 Å². The van der Waals surface area contributed by atoms with Crippen LogP contribution in [0, 0.1) is 13.8 Å². The molecule has 0 N–H and O–H groups in total. The summed E-state index contributed by atoms with van der Waals surface area (Å²) in [6.07, 6.45) is 7.66. The minimum atomic E-state index is 0.527. The number of nitrogens with zero attached hydrogens (tertiary/aromatic N) is 1. The fourth-order valence-corrected chi connectivity index (χ4v) is 3.93. The van der Waals surface area contributed by atoms with Crippen molar-refractivity contribution in [3.05, 3.63) is 64.7 Å². The predicted octanol–water partition coefficient (Wildman–Crippen LogP) is 6.38. The Balaban J connectivity index is 1.86. The molecule has 0 unspecified atom stereocenters. The molecule has 0 saturated carbocycles. The summed E-state index contributed by atoms with van der Waals surface area (Å²) in [5.41, 5.74) is 7.16. The van der Waals surface area contributed by atoms with Crippen LogP contribution < -0.4 is 4.90 Å². The van der Waals surface area contributed by atoms with Crippen LogP contribution in [0.1, 0.15) is 67.3 Å². The Morgan fingerprint density at radius 3 is 2.50 bits per heavy atom. The largest absolute Gasteiger partial charge is 0.364 e. The second-order valence-electron chi connectivity index (χ2n) is 7.34. The van der Waals surface area contributed by atoms with Gasteiger partial charge in [-0.2, -0.15) is 0 Å². The number of anilines is 1. The van der Waals surface area contributed by atoms with Crippen LogP contribution in [-0.2, 0) is 6.42 Å². The molecule has 1 atom stereocenters. The number of hydrogen-bond acceptors (Lipinski definition) is 1. The molecule has 24 heavy (non-hydrogen) atoms. The molecule has 2 aromatic carbocycles. The summed E-state index contributed by atoms with van der Waals surface area (Å²) in [5, 5.41) is 0. The van der Waals surface area contributed by atoms with Crippen LogP contribution in [0.4, 0.5) is 5.69 Å². The maximum Gasteiger partial charge on any atom is 0.0542 e. The second kappa shape index (κ2) is 7.88. The Morgan fingerprint density at radius 1 is 1.00 bits per heavy atom. The van der Waals surface area contributed by atoms with Gasteiger partial charge in [-0.1, -0.05) is 55.3 Å². The Hall–Kier alpha value is -1.76. The first-order valence-electron chi connectivity index (χ1n) is 9.62. The molecule has 1 nitrogen and oxygen atoms in total. The number of aryl methyl sites for hydroxylation is 3. The van der Waals surface area contributed by atoms with Gasteiger partial charge in [0.1, 0.15) is 0 Å². The van der Waals surface area contributed by atoms with E-state index in [0.717, 1.165) is 0 Å². The molecule has 0 amide bonds. The topological polar surface area (TPSA) is 3.24 Å². The van der Waals surface area contributed by atoms with E-state index in [1.165, 1.54) is 73.0 Å². The van der Waals surface area contributed by atoms with Crippen LogP contribution in [0.15, 0.2) is 42.5 Å². The third-order valence-electron chi connectivity index (χ3n) is 5.35. The zero-order chi connectivity index (χ0) is 16.9. The first kappa shape index (κ1) is 17.1. The van der Waals surface area contributed by atoms with Crippen LogP contribution in [-0.4, -0.2) is 6.54 Å². The number of benzene rings is 2. The monoisotopic (exact) mass is 321 g/mol. The van der Waals surface area contributed by atoms with Gasteiger partial charge in [-0.15, -0.1) is 0 Å². The lowest BCUT2D eigenvalue weighted by atomic mass is 9.93. The van der Waals surface area contributed by atoms with E-state index in [4.69, 9.17) is 0 Å². The highest BCUT2D eigenvalue weighted by Crippen LogP contribution is 2.37. The normalized spacial score (nSPS) is 18.0. The number of unbranched alkanes of at least 4 members (excludes halogenated alkanes) is 1. The number of piperidine rings is 1. The standard InChI is InChI=1S/C23H31N/c1-4-5-8-20-12-15-22(19(3)17-20)24-16-7-6-9-23(24)21-13-10-18(2)11-14-21/h10-15,17,23H,4-9,16H2,1-3H3/t23-/m0/s1. The molecule has 1 aliphatic heterocycles. The van der Waals surface area contributed by atoms with Crippen molar-refractivity contribution in [1.82, 2.24) is 0 Å². The zero-order valence-corrected chi connectivity index (χ0v) is 15.5. The van der Waals surface area contributed by atoms with E-state index >= 15 is 0 Å². The van der Waals surface area contributed by atoms with Gasteiger partial charge in [0.2, 0.25) is 0 Å². The van der Waals surface area contributed by atoms with Crippen molar-refractivity contribution in [3.8, 4) is 0 Å². The Morgan fingerprint density at radius 2 is 1.79 bits per heavy atom. The lowest BCUT2D eigenvalue weighted by molar-refractivity contribution is 0.472. The Bertz CT molecular complexity index is 656. The molecule has 1 fully saturated rings. The summed E-state index contributed by atoms with van der Waals surface area (Å²) in [6.45, 7) is 7.89. The van der Waals surface area contributed by atoms with E-state index in [2.05, 4.69) is 68.1 Å². The van der Waals surface area contributed by atoms with Gasteiger partial charge >= 0.3 is 0 Å². The molecule has 0 radical (unpaired) electrons. The minimum absolute atomic E-state index is 0.527. The first-order chi connectivity index (χ1) is 11.7. The molecule has 1 heterocycles. The molecule has 2 aromatic rings. The average Bonchev–Trinajstić information content (AvgIpc) is 2.61. The molecule has 1 saturated heterocycles. The van der Waals surface area contributed by atoms with Crippen LogP contribution in [0.25, 0.3) is 0 Å². The molecular formula is C23H31N. The minimum Gasteiger partial charge on any atom is -0.364 e. The van der Waals surface area contributed by atoms with Gasteiger partial charge in [0.15, 0.2) is 0 Å². The maximum absolute atomic E-state index is 2.65. The van der Waals surface area contributed by atoms with Gasteiger partial charge in [0, 0.05) is 12.2 Å². The van der Waals surface area contributed by atoms with E-state index in [9.17, 15) is 0 Å². The lowest BCUT2D eigenvalue weighted by Gasteiger charge is -2.39. The molecule has 0 aliphatic carbocycles. The summed E-state index contributed by atoms with van der Waals surface area (Å²) >= 11 is 0. The fraction of sp³-hybridized carbons (Fsp3) is 0.478. The van der Waals surface area contributed by atoms with Gasteiger partial charge in [-0.05, 0) is 68.7 Å². The SMILES string of the molecule is CCCCc1ccc(N2CCCC[C@H]2c2ccc(C)cc2)c(C)c1. The van der Waals surface area contributed by atoms with E-state index in [0.29, 0.717) is 6.04 Å². The summed E-state index contributed by atoms with van der Waals surface area (Å²) in [6, 6.07) is 16.8. The Kier molecular flexibility index (Phi) is 5.60. The van der Waals surface area contributed by atoms with E-state index in [1.54, 1.807) is 0 Å². The van der Waals surface area contributed by atoms with Crippen molar-refractivity contribution in [2.75, 3.05) is 11.4 Å². The van der Waals surface area contributed by atoms with Crippen LogP contribution in [0.2, 0.25) is 0 Å².